The van der Waals surface area contributed by atoms with Crippen molar-refractivity contribution in [1.29, 1.82) is 0 Å². The first-order valence-corrected chi connectivity index (χ1v) is 5.24. The summed E-state index contributed by atoms with van der Waals surface area (Å²) in [5.41, 5.74) is -0.0351. The maximum absolute atomic E-state index is 10.0. The number of aliphatic hydroxyl groups is 1. The molecule has 0 radical (unpaired) electrons. The van der Waals surface area contributed by atoms with Gasteiger partial charge in [0.2, 0.25) is 0 Å². The van der Waals surface area contributed by atoms with Crippen molar-refractivity contribution in [2.75, 3.05) is 0 Å². The van der Waals surface area contributed by atoms with E-state index in [-0.39, 0.29) is 17.4 Å². The molecule has 0 saturated carbocycles. The van der Waals surface area contributed by atoms with Gasteiger partial charge in [-0.05, 0) is 11.8 Å². The van der Waals surface area contributed by atoms with Gasteiger partial charge in [-0.3, -0.25) is 0 Å². The summed E-state index contributed by atoms with van der Waals surface area (Å²) in [6.07, 6.45) is 5.03. The van der Waals surface area contributed by atoms with Crippen LogP contribution in [0.3, 0.4) is 0 Å². The molecule has 1 nitrogen and oxygen atoms in total. The minimum absolute atomic E-state index is 0.0351. The molecular formula is C12H24O. The summed E-state index contributed by atoms with van der Waals surface area (Å²) in [6.45, 7) is 12.2. The van der Waals surface area contributed by atoms with E-state index >= 15 is 0 Å². The van der Waals surface area contributed by atoms with E-state index in [9.17, 15) is 5.11 Å². The number of aliphatic hydroxyl groups excluding tert-OH is 1. The van der Waals surface area contributed by atoms with E-state index in [0.717, 1.165) is 6.42 Å². The van der Waals surface area contributed by atoms with Crippen LogP contribution in [0, 0.1) is 11.3 Å². The first kappa shape index (κ1) is 12.7. The first-order valence-electron chi connectivity index (χ1n) is 5.24. The molecule has 0 unspecified atom stereocenters. The number of hydrogen-bond acceptors (Lipinski definition) is 1. The Balaban J connectivity index is 4.15. The second-order valence-electron chi connectivity index (χ2n) is 4.85. The fraction of sp³-hybridized carbons (Fsp3) is 0.833. The van der Waals surface area contributed by atoms with Crippen LogP contribution in [-0.2, 0) is 0 Å². The van der Waals surface area contributed by atoms with E-state index in [0.29, 0.717) is 0 Å². The van der Waals surface area contributed by atoms with Crippen LogP contribution in [0.1, 0.15) is 47.0 Å². The van der Waals surface area contributed by atoms with E-state index in [1.165, 1.54) is 12.8 Å². The Labute approximate surface area is 82.9 Å². The van der Waals surface area contributed by atoms with Crippen molar-refractivity contribution < 1.29 is 5.11 Å². The Morgan fingerprint density at radius 1 is 1.38 bits per heavy atom. The molecule has 0 aliphatic heterocycles. The Morgan fingerprint density at radius 3 is 2.23 bits per heavy atom. The molecule has 0 bridgehead atoms. The Bertz CT molecular complexity index is 144. The number of rotatable bonds is 5. The Kier molecular flexibility index (Phi) is 5.31. The zero-order chi connectivity index (χ0) is 10.5. The van der Waals surface area contributed by atoms with E-state index in [1.54, 1.807) is 0 Å². The quantitative estimate of drug-likeness (QED) is 0.649. The Morgan fingerprint density at radius 2 is 1.92 bits per heavy atom. The number of unbranched alkanes of at least 4 members (excludes halogenated alkanes) is 1. The van der Waals surface area contributed by atoms with E-state index in [1.807, 2.05) is 6.08 Å². The van der Waals surface area contributed by atoms with Crippen LogP contribution < -0.4 is 0 Å². The van der Waals surface area contributed by atoms with Gasteiger partial charge in [0, 0.05) is 5.92 Å². The normalized spacial score (nSPS) is 16.7. The third kappa shape index (κ3) is 4.47. The second kappa shape index (κ2) is 5.43. The molecule has 0 aromatic carbocycles. The molecule has 0 amide bonds. The average molecular weight is 184 g/mol. The van der Waals surface area contributed by atoms with Crippen LogP contribution in [-0.4, -0.2) is 11.2 Å². The highest BCUT2D eigenvalue weighted by Crippen LogP contribution is 2.28. The highest BCUT2D eigenvalue weighted by Gasteiger charge is 2.27. The predicted molar refractivity (Wildman–Crippen MR) is 58.7 cm³/mol. The van der Waals surface area contributed by atoms with Crippen molar-refractivity contribution in [1.82, 2.24) is 0 Å². The summed E-state index contributed by atoms with van der Waals surface area (Å²) in [4.78, 5) is 0. The highest BCUT2D eigenvalue weighted by molar-refractivity contribution is 4.89. The second-order valence-corrected chi connectivity index (χ2v) is 4.85. The molecule has 0 saturated heterocycles. The molecule has 78 valence electrons. The van der Waals surface area contributed by atoms with Gasteiger partial charge in [-0.25, -0.2) is 0 Å². The van der Waals surface area contributed by atoms with Gasteiger partial charge < -0.3 is 5.11 Å². The molecule has 1 heteroatoms. The zero-order valence-electron chi connectivity index (χ0n) is 9.51. The molecule has 13 heavy (non-hydrogen) atoms. The SMILES string of the molecule is C=C[C@H](CCCC)[C@H](O)C(C)(C)C. The fourth-order valence-corrected chi connectivity index (χ4v) is 1.49. The lowest BCUT2D eigenvalue weighted by molar-refractivity contribution is 0.0248. The van der Waals surface area contributed by atoms with Gasteiger partial charge in [0.1, 0.15) is 0 Å². The van der Waals surface area contributed by atoms with Crippen molar-refractivity contribution in [3.63, 3.8) is 0 Å². The molecule has 0 rings (SSSR count). The van der Waals surface area contributed by atoms with E-state index in [2.05, 4.69) is 34.3 Å². The van der Waals surface area contributed by atoms with Crippen molar-refractivity contribution in [2.24, 2.45) is 11.3 Å². The van der Waals surface area contributed by atoms with Crippen molar-refractivity contribution >= 4 is 0 Å². The van der Waals surface area contributed by atoms with Crippen molar-refractivity contribution in [3.8, 4) is 0 Å². The molecule has 0 aliphatic rings. The third-order valence-electron chi connectivity index (χ3n) is 2.49. The summed E-state index contributed by atoms with van der Waals surface area (Å²) >= 11 is 0. The Hall–Kier alpha value is -0.300. The minimum Gasteiger partial charge on any atom is -0.392 e. The van der Waals surface area contributed by atoms with Gasteiger partial charge in [-0.1, -0.05) is 46.6 Å². The maximum Gasteiger partial charge on any atom is 0.0650 e. The largest absolute Gasteiger partial charge is 0.392 e. The van der Waals surface area contributed by atoms with Gasteiger partial charge in [-0.15, -0.1) is 6.58 Å². The molecule has 0 aromatic heterocycles. The van der Waals surface area contributed by atoms with Gasteiger partial charge in [0.25, 0.3) is 0 Å². The van der Waals surface area contributed by atoms with E-state index in [4.69, 9.17) is 0 Å². The molecule has 2 atom stereocenters. The summed E-state index contributed by atoms with van der Waals surface area (Å²) < 4.78 is 0. The third-order valence-corrected chi connectivity index (χ3v) is 2.49. The fourth-order valence-electron chi connectivity index (χ4n) is 1.49. The molecule has 0 heterocycles. The van der Waals surface area contributed by atoms with Crippen LogP contribution >= 0.6 is 0 Å². The van der Waals surface area contributed by atoms with Crippen LogP contribution in [0.4, 0.5) is 0 Å². The van der Waals surface area contributed by atoms with Crippen molar-refractivity contribution in [2.45, 2.75) is 53.1 Å². The molecular weight excluding hydrogens is 160 g/mol. The topological polar surface area (TPSA) is 20.2 Å². The highest BCUT2D eigenvalue weighted by atomic mass is 16.3. The minimum atomic E-state index is -0.267. The smallest absolute Gasteiger partial charge is 0.0650 e. The van der Waals surface area contributed by atoms with Crippen LogP contribution in [0.2, 0.25) is 0 Å². The van der Waals surface area contributed by atoms with Crippen LogP contribution in [0.5, 0.6) is 0 Å². The summed E-state index contributed by atoms with van der Waals surface area (Å²) in [5.74, 6) is 0.250. The van der Waals surface area contributed by atoms with Crippen LogP contribution in [0.25, 0.3) is 0 Å². The first-order chi connectivity index (χ1) is 5.93. The van der Waals surface area contributed by atoms with Crippen LogP contribution in [0.15, 0.2) is 12.7 Å². The van der Waals surface area contributed by atoms with Gasteiger partial charge >= 0.3 is 0 Å². The molecule has 0 fully saturated rings. The molecule has 0 aliphatic carbocycles. The average Bonchev–Trinajstić information content (AvgIpc) is 2.04. The lowest BCUT2D eigenvalue weighted by atomic mass is 9.79. The van der Waals surface area contributed by atoms with Gasteiger partial charge in [-0.2, -0.15) is 0 Å². The van der Waals surface area contributed by atoms with Gasteiger partial charge in [0.15, 0.2) is 0 Å². The lowest BCUT2D eigenvalue weighted by Crippen LogP contribution is -2.32. The maximum atomic E-state index is 10.0. The zero-order valence-corrected chi connectivity index (χ0v) is 9.51. The lowest BCUT2D eigenvalue weighted by Gasteiger charge is -2.31. The molecule has 0 spiro atoms. The standard InChI is InChI=1S/C12H24O/c1-6-8-9-10(7-2)11(13)12(3,4)5/h7,10-11,13H,2,6,8-9H2,1,3-5H3/t10-,11+/m1/s1. The monoisotopic (exact) mass is 184 g/mol. The number of hydrogen-bond donors (Lipinski definition) is 1. The molecule has 1 N–H and O–H groups in total. The summed E-state index contributed by atoms with van der Waals surface area (Å²) in [7, 11) is 0. The van der Waals surface area contributed by atoms with E-state index < -0.39 is 0 Å². The van der Waals surface area contributed by atoms with Gasteiger partial charge in [0.05, 0.1) is 6.10 Å². The molecule has 0 aromatic rings. The predicted octanol–water partition coefficient (Wildman–Crippen LogP) is 3.39. The summed E-state index contributed by atoms with van der Waals surface area (Å²) in [5, 5.41) is 10.0. The van der Waals surface area contributed by atoms with Crippen molar-refractivity contribution in [3.05, 3.63) is 12.7 Å². The summed E-state index contributed by atoms with van der Waals surface area (Å²) in [6, 6.07) is 0.